The molecule has 0 bridgehead atoms. The number of benzene rings is 2. The van der Waals surface area contributed by atoms with Gasteiger partial charge in [-0.25, -0.2) is 9.59 Å². The summed E-state index contributed by atoms with van der Waals surface area (Å²) in [6.45, 7) is 9.17. The average molecular weight is 741 g/mol. The van der Waals surface area contributed by atoms with Crippen LogP contribution in [0.25, 0.3) is 0 Å². The molecular formula is C36H45ClN6O9. The molecule has 0 heterocycles. The highest BCUT2D eigenvalue weighted by atomic mass is 35.5. The van der Waals surface area contributed by atoms with Crippen LogP contribution in [-0.2, 0) is 30.4 Å². The Hall–Kier alpha value is -5.62. The Morgan fingerprint density at radius 2 is 1.29 bits per heavy atom. The lowest BCUT2D eigenvalue weighted by Gasteiger charge is -2.22. The van der Waals surface area contributed by atoms with E-state index in [1.165, 1.54) is 0 Å². The van der Waals surface area contributed by atoms with Crippen molar-refractivity contribution >= 4 is 52.6 Å². The topological polar surface area (TPSA) is 229 Å². The molecule has 3 unspecified atom stereocenters. The lowest BCUT2D eigenvalue weighted by Crippen LogP contribution is -2.52. The van der Waals surface area contributed by atoms with E-state index in [0.29, 0.717) is 22.0 Å². The van der Waals surface area contributed by atoms with Gasteiger partial charge in [-0.3, -0.25) is 24.5 Å². The Kier molecular flexibility index (Phi) is 16.6. The maximum absolute atomic E-state index is 13.2. The fourth-order valence-corrected chi connectivity index (χ4v) is 4.76. The van der Waals surface area contributed by atoms with Crippen molar-refractivity contribution in [1.29, 1.82) is 0 Å². The van der Waals surface area contributed by atoms with Crippen LogP contribution < -0.4 is 26.6 Å². The van der Waals surface area contributed by atoms with Gasteiger partial charge in [-0.2, -0.15) is 0 Å². The summed E-state index contributed by atoms with van der Waals surface area (Å²) in [5.41, 5.74) is 1.27. The van der Waals surface area contributed by atoms with Crippen molar-refractivity contribution < 1.29 is 39.1 Å². The van der Waals surface area contributed by atoms with E-state index in [1.807, 2.05) is 34.6 Å². The fraction of sp³-hybridized carbons (Fsp3) is 0.417. The summed E-state index contributed by atoms with van der Waals surface area (Å²) in [6.07, 6.45) is 0.340. The van der Waals surface area contributed by atoms with Crippen molar-refractivity contribution in [3.8, 4) is 11.8 Å². The van der Waals surface area contributed by atoms with Gasteiger partial charge in [0.1, 0.15) is 18.1 Å². The van der Waals surface area contributed by atoms with E-state index in [-0.39, 0.29) is 49.3 Å². The number of anilines is 2. The van der Waals surface area contributed by atoms with E-state index in [0.717, 1.165) is 6.20 Å². The predicted molar refractivity (Wildman–Crippen MR) is 196 cm³/mol. The number of carboxylic acid groups (broad SMARTS) is 2. The van der Waals surface area contributed by atoms with Gasteiger partial charge in [-0.05, 0) is 59.7 Å². The number of nitrogens with one attached hydrogen (secondary N) is 5. The van der Waals surface area contributed by atoms with Crippen LogP contribution in [0.3, 0.4) is 0 Å². The highest BCUT2D eigenvalue weighted by Gasteiger charge is 2.27. The lowest BCUT2D eigenvalue weighted by molar-refractivity contribution is -0.403. The van der Waals surface area contributed by atoms with E-state index in [2.05, 4.69) is 38.4 Å². The quantitative estimate of drug-likeness (QED) is 0.0645. The lowest BCUT2D eigenvalue weighted by atomic mass is 9.92. The SMILES string of the molecule is CC(C)CC(NC(=O)Cc1ccc(NC(=C[N+](=O)[O-])Nc2ccc(Cl)cc2)cc1)C(=O)NC(CC#CCC(NC(=O)CC(C)(C)C)C(=O)O)C(=O)O. The Bertz CT molecular complexity index is 1680. The normalized spacial score (nSPS) is 13.0. The van der Waals surface area contributed by atoms with Crippen LogP contribution in [-0.4, -0.2) is 62.9 Å². The summed E-state index contributed by atoms with van der Waals surface area (Å²) in [7, 11) is 0. The molecule has 16 heteroatoms. The van der Waals surface area contributed by atoms with E-state index in [9.17, 15) is 44.3 Å². The summed E-state index contributed by atoms with van der Waals surface area (Å²) < 4.78 is 0. The van der Waals surface area contributed by atoms with Gasteiger partial charge in [0.25, 0.3) is 6.20 Å². The van der Waals surface area contributed by atoms with Crippen LogP contribution in [0.4, 0.5) is 11.4 Å². The van der Waals surface area contributed by atoms with Crippen molar-refractivity contribution in [3.63, 3.8) is 0 Å². The van der Waals surface area contributed by atoms with E-state index in [1.54, 1.807) is 48.5 Å². The first kappa shape index (κ1) is 42.5. The first-order valence-electron chi connectivity index (χ1n) is 16.4. The molecule has 3 amide bonds. The molecule has 0 radical (unpaired) electrons. The monoisotopic (exact) mass is 740 g/mol. The molecule has 2 aromatic carbocycles. The molecule has 2 rings (SSSR count). The Morgan fingerprint density at radius 3 is 1.75 bits per heavy atom. The van der Waals surface area contributed by atoms with Crippen LogP contribution >= 0.6 is 11.6 Å². The average Bonchev–Trinajstić information content (AvgIpc) is 3.01. The number of aliphatic carboxylic acids is 2. The molecule has 0 saturated carbocycles. The molecule has 280 valence electrons. The minimum atomic E-state index is -1.45. The number of carboxylic acids is 2. The summed E-state index contributed by atoms with van der Waals surface area (Å²) in [4.78, 5) is 72.4. The van der Waals surface area contributed by atoms with E-state index in [4.69, 9.17) is 11.6 Å². The number of halogens is 1. The highest BCUT2D eigenvalue weighted by molar-refractivity contribution is 6.30. The molecule has 0 aliphatic heterocycles. The molecule has 2 aromatic rings. The van der Waals surface area contributed by atoms with Gasteiger partial charge in [-0.15, -0.1) is 11.8 Å². The molecule has 52 heavy (non-hydrogen) atoms. The third kappa shape index (κ3) is 16.9. The van der Waals surface area contributed by atoms with Crippen LogP contribution in [0.15, 0.2) is 60.6 Å². The van der Waals surface area contributed by atoms with Gasteiger partial charge in [-0.1, -0.05) is 58.4 Å². The van der Waals surface area contributed by atoms with E-state index < -0.39 is 52.7 Å². The number of hydrogen-bond donors (Lipinski definition) is 7. The Morgan fingerprint density at radius 1 is 0.808 bits per heavy atom. The molecule has 0 aliphatic carbocycles. The van der Waals surface area contributed by atoms with Gasteiger partial charge in [0.2, 0.25) is 17.7 Å². The smallest absolute Gasteiger partial charge is 0.327 e. The number of carbonyl (C=O) groups excluding carboxylic acids is 3. The minimum Gasteiger partial charge on any atom is -0.480 e. The Labute approximate surface area is 307 Å². The maximum atomic E-state index is 13.2. The van der Waals surface area contributed by atoms with Gasteiger partial charge in [0.05, 0.1) is 11.3 Å². The molecule has 7 N–H and O–H groups in total. The standard InChI is InChI=1S/C36H45ClN6O9/c1-22(2)18-29(33(46)42-28(35(49)50)9-7-6-8-27(34(47)48)40-32(45)20-36(3,4)5)41-31(44)19-23-10-14-25(15-11-23)38-30(21-43(51)52)39-26-16-12-24(37)13-17-26/h10-17,21-22,27-29,38-39H,8-9,18-20H2,1-5H3,(H,40,45)(H,41,44)(H,42,46)(H,47,48)(H,49,50). The molecule has 3 atom stereocenters. The molecule has 0 aliphatic rings. The van der Waals surface area contributed by atoms with Crippen LogP contribution in [0.2, 0.25) is 5.02 Å². The van der Waals surface area contributed by atoms with Gasteiger partial charge in [0, 0.05) is 35.7 Å². The second kappa shape index (κ2) is 20.3. The highest BCUT2D eigenvalue weighted by Crippen LogP contribution is 2.19. The fourth-order valence-electron chi connectivity index (χ4n) is 4.63. The van der Waals surface area contributed by atoms with Gasteiger partial charge >= 0.3 is 11.9 Å². The number of nitro groups is 1. The number of rotatable bonds is 18. The third-order valence-electron chi connectivity index (χ3n) is 6.99. The van der Waals surface area contributed by atoms with Gasteiger partial charge in [0.15, 0.2) is 5.82 Å². The van der Waals surface area contributed by atoms with Crippen LogP contribution in [0, 0.1) is 33.3 Å². The van der Waals surface area contributed by atoms with Crippen molar-refractivity contribution in [3.05, 3.63) is 81.3 Å². The molecule has 15 nitrogen and oxygen atoms in total. The van der Waals surface area contributed by atoms with Crippen molar-refractivity contribution in [1.82, 2.24) is 16.0 Å². The molecule has 0 aromatic heterocycles. The third-order valence-corrected chi connectivity index (χ3v) is 7.24. The number of amides is 3. The summed E-state index contributed by atoms with van der Waals surface area (Å²) in [6, 6.07) is 9.27. The summed E-state index contributed by atoms with van der Waals surface area (Å²) >= 11 is 5.91. The van der Waals surface area contributed by atoms with E-state index >= 15 is 0 Å². The Balaban J connectivity index is 2.03. The molecule has 0 spiro atoms. The summed E-state index contributed by atoms with van der Waals surface area (Å²) in [5.74, 6) is 0.829. The maximum Gasteiger partial charge on any atom is 0.327 e. The minimum absolute atomic E-state index is 0.0474. The summed E-state index contributed by atoms with van der Waals surface area (Å²) in [5, 5.41) is 44.1. The van der Waals surface area contributed by atoms with Crippen molar-refractivity contribution in [2.75, 3.05) is 10.6 Å². The van der Waals surface area contributed by atoms with Crippen LogP contribution in [0.5, 0.6) is 0 Å². The molecular weight excluding hydrogens is 696 g/mol. The number of hydrogen-bond acceptors (Lipinski definition) is 9. The van der Waals surface area contributed by atoms with Crippen molar-refractivity contribution in [2.45, 2.75) is 84.8 Å². The zero-order chi connectivity index (χ0) is 39.0. The van der Waals surface area contributed by atoms with Crippen molar-refractivity contribution in [2.24, 2.45) is 11.3 Å². The first-order chi connectivity index (χ1) is 24.3. The number of nitrogens with zero attached hydrogens (tertiary/aromatic N) is 1. The largest absolute Gasteiger partial charge is 0.480 e. The van der Waals surface area contributed by atoms with Crippen LogP contribution in [0.1, 0.15) is 65.9 Å². The zero-order valence-corrected chi connectivity index (χ0v) is 30.4. The van der Waals surface area contributed by atoms with Gasteiger partial charge < -0.3 is 36.8 Å². The molecule has 0 fully saturated rings. The second-order valence-corrected chi connectivity index (χ2v) is 14.0. The zero-order valence-electron chi connectivity index (χ0n) is 29.6. The molecule has 0 saturated heterocycles. The number of carbonyl (C=O) groups is 5. The first-order valence-corrected chi connectivity index (χ1v) is 16.7. The second-order valence-electron chi connectivity index (χ2n) is 13.6. The predicted octanol–water partition coefficient (Wildman–Crippen LogP) is 4.37.